The smallest absolute Gasteiger partial charge is 0.191 e. The first kappa shape index (κ1) is 20.7. The van der Waals surface area contributed by atoms with Crippen LogP contribution in [0.25, 0.3) is 0 Å². The Bertz CT molecular complexity index is 449. The number of guanidine groups is 1. The quantitative estimate of drug-likeness (QED) is 0.380. The van der Waals surface area contributed by atoms with Crippen molar-refractivity contribution in [3.8, 4) is 0 Å². The molecular weight excluding hydrogens is 419 g/mol. The minimum Gasteiger partial charge on any atom is -0.357 e. The molecule has 0 amide bonds. The predicted octanol–water partition coefficient (Wildman–Crippen LogP) is 3.37. The molecule has 1 aliphatic heterocycles. The van der Waals surface area contributed by atoms with E-state index in [1.54, 1.807) is 11.3 Å². The lowest BCUT2D eigenvalue weighted by Crippen LogP contribution is -2.40. The van der Waals surface area contributed by atoms with Crippen LogP contribution in [0.4, 0.5) is 0 Å². The van der Waals surface area contributed by atoms with Gasteiger partial charge in [-0.1, -0.05) is 13.8 Å². The summed E-state index contributed by atoms with van der Waals surface area (Å²) in [6.45, 7) is 13.0. The SMILES string of the molecule is CCNC(=NCC(C)c1ccsc1)NCC1CCN(CC)C1.I. The molecular formula is C17H31IN4S. The van der Waals surface area contributed by atoms with E-state index in [-0.39, 0.29) is 24.0 Å². The van der Waals surface area contributed by atoms with Crippen LogP contribution in [-0.4, -0.2) is 50.1 Å². The Hall–Kier alpha value is -0.340. The van der Waals surface area contributed by atoms with Crippen molar-refractivity contribution in [1.29, 1.82) is 0 Å². The molecule has 1 aromatic heterocycles. The fraction of sp³-hybridized carbons (Fsp3) is 0.706. The largest absolute Gasteiger partial charge is 0.357 e. The average Bonchev–Trinajstić information content (AvgIpc) is 3.20. The van der Waals surface area contributed by atoms with Gasteiger partial charge in [0.05, 0.1) is 0 Å². The highest BCUT2D eigenvalue weighted by Crippen LogP contribution is 2.18. The van der Waals surface area contributed by atoms with E-state index < -0.39 is 0 Å². The molecule has 2 N–H and O–H groups in total. The van der Waals surface area contributed by atoms with Crippen LogP contribution in [0.5, 0.6) is 0 Å². The van der Waals surface area contributed by atoms with Crippen molar-refractivity contribution in [3.63, 3.8) is 0 Å². The van der Waals surface area contributed by atoms with E-state index >= 15 is 0 Å². The van der Waals surface area contributed by atoms with Gasteiger partial charge in [-0.05, 0) is 54.7 Å². The fourth-order valence-corrected chi connectivity index (χ4v) is 3.62. The lowest BCUT2D eigenvalue weighted by atomic mass is 10.1. The van der Waals surface area contributed by atoms with Crippen molar-refractivity contribution >= 4 is 41.3 Å². The number of rotatable bonds is 7. The van der Waals surface area contributed by atoms with Crippen molar-refractivity contribution in [1.82, 2.24) is 15.5 Å². The number of likely N-dealkylation sites (tertiary alicyclic amines) is 1. The predicted molar refractivity (Wildman–Crippen MR) is 112 cm³/mol. The van der Waals surface area contributed by atoms with Crippen molar-refractivity contribution in [2.75, 3.05) is 39.3 Å². The molecule has 0 spiro atoms. The summed E-state index contributed by atoms with van der Waals surface area (Å²) in [6.07, 6.45) is 1.30. The van der Waals surface area contributed by atoms with Crippen LogP contribution in [0.15, 0.2) is 21.8 Å². The number of halogens is 1. The van der Waals surface area contributed by atoms with E-state index in [0.717, 1.165) is 31.5 Å². The number of hydrogen-bond acceptors (Lipinski definition) is 3. The highest BCUT2D eigenvalue weighted by molar-refractivity contribution is 14.0. The molecule has 1 fully saturated rings. The van der Waals surface area contributed by atoms with Crippen molar-refractivity contribution in [2.45, 2.75) is 33.1 Å². The van der Waals surface area contributed by atoms with E-state index in [1.165, 1.54) is 31.6 Å². The standard InChI is InChI=1S/C17H30N4S.HI/c1-4-18-17(19-10-14(3)16-7-9-22-13-16)20-11-15-6-8-21(5-2)12-15;/h7,9,13-15H,4-6,8,10-12H2,1-3H3,(H2,18,19,20);1H. The summed E-state index contributed by atoms with van der Waals surface area (Å²) in [4.78, 5) is 7.28. The topological polar surface area (TPSA) is 39.7 Å². The van der Waals surface area contributed by atoms with Gasteiger partial charge in [-0.2, -0.15) is 11.3 Å². The van der Waals surface area contributed by atoms with Gasteiger partial charge >= 0.3 is 0 Å². The maximum absolute atomic E-state index is 4.75. The third-order valence-corrected chi connectivity index (χ3v) is 5.06. The maximum Gasteiger partial charge on any atom is 0.191 e. The van der Waals surface area contributed by atoms with Crippen LogP contribution >= 0.6 is 35.3 Å². The van der Waals surface area contributed by atoms with Crippen LogP contribution in [0.1, 0.15) is 38.7 Å². The Balaban J connectivity index is 0.00000264. The molecule has 1 aromatic rings. The molecule has 1 aliphatic rings. The third kappa shape index (κ3) is 6.97. The summed E-state index contributed by atoms with van der Waals surface area (Å²) < 4.78 is 0. The monoisotopic (exact) mass is 450 g/mol. The number of nitrogens with one attached hydrogen (secondary N) is 2. The van der Waals surface area contributed by atoms with Gasteiger partial charge in [-0.25, -0.2) is 0 Å². The summed E-state index contributed by atoms with van der Waals surface area (Å²) in [5, 5.41) is 11.2. The maximum atomic E-state index is 4.75. The van der Waals surface area contributed by atoms with Gasteiger partial charge in [0.2, 0.25) is 0 Å². The minimum absolute atomic E-state index is 0. The minimum atomic E-state index is 0. The Morgan fingerprint density at radius 3 is 2.87 bits per heavy atom. The first-order valence-corrected chi connectivity index (χ1v) is 9.43. The normalized spacial score (nSPS) is 20.1. The Morgan fingerprint density at radius 1 is 1.43 bits per heavy atom. The second kappa shape index (κ2) is 11.3. The Morgan fingerprint density at radius 2 is 2.26 bits per heavy atom. The summed E-state index contributed by atoms with van der Waals surface area (Å²) in [6, 6.07) is 2.20. The number of aliphatic imine (C=N–C) groups is 1. The van der Waals surface area contributed by atoms with E-state index in [0.29, 0.717) is 5.92 Å². The van der Waals surface area contributed by atoms with Crippen LogP contribution in [0.2, 0.25) is 0 Å². The zero-order chi connectivity index (χ0) is 15.8. The highest BCUT2D eigenvalue weighted by Gasteiger charge is 2.21. The summed E-state index contributed by atoms with van der Waals surface area (Å²) >= 11 is 1.76. The molecule has 6 heteroatoms. The Labute approximate surface area is 162 Å². The van der Waals surface area contributed by atoms with Crippen molar-refractivity contribution in [2.24, 2.45) is 10.9 Å². The molecule has 2 unspecified atom stereocenters. The number of hydrogen-bond donors (Lipinski definition) is 2. The summed E-state index contributed by atoms with van der Waals surface area (Å²) in [5.74, 6) is 2.18. The summed E-state index contributed by atoms with van der Waals surface area (Å²) in [5.41, 5.74) is 1.39. The molecule has 23 heavy (non-hydrogen) atoms. The lowest BCUT2D eigenvalue weighted by molar-refractivity contribution is 0.342. The molecule has 1 saturated heterocycles. The van der Waals surface area contributed by atoms with Gasteiger partial charge in [0.25, 0.3) is 0 Å². The first-order valence-electron chi connectivity index (χ1n) is 8.49. The van der Waals surface area contributed by atoms with Crippen LogP contribution < -0.4 is 10.6 Å². The highest BCUT2D eigenvalue weighted by atomic mass is 127. The molecule has 2 atom stereocenters. The van der Waals surface area contributed by atoms with Gasteiger partial charge in [0.1, 0.15) is 0 Å². The van der Waals surface area contributed by atoms with Crippen molar-refractivity contribution < 1.29 is 0 Å². The van der Waals surface area contributed by atoms with Gasteiger partial charge in [0, 0.05) is 32.1 Å². The molecule has 0 aliphatic carbocycles. The third-order valence-electron chi connectivity index (χ3n) is 4.36. The van der Waals surface area contributed by atoms with Crippen LogP contribution in [0, 0.1) is 5.92 Å². The molecule has 4 nitrogen and oxygen atoms in total. The molecule has 2 rings (SSSR count). The van der Waals surface area contributed by atoms with Gasteiger partial charge in [-0.15, -0.1) is 24.0 Å². The van der Waals surface area contributed by atoms with E-state index in [4.69, 9.17) is 4.99 Å². The summed E-state index contributed by atoms with van der Waals surface area (Å²) in [7, 11) is 0. The van der Waals surface area contributed by atoms with E-state index in [2.05, 4.69) is 53.1 Å². The van der Waals surface area contributed by atoms with Gasteiger partial charge < -0.3 is 15.5 Å². The first-order chi connectivity index (χ1) is 10.7. The molecule has 0 saturated carbocycles. The molecule has 2 heterocycles. The number of thiophene rings is 1. The van der Waals surface area contributed by atoms with Gasteiger partial charge in [-0.3, -0.25) is 4.99 Å². The van der Waals surface area contributed by atoms with E-state index in [9.17, 15) is 0 Å². The van der Waals surface area contributed by atoms with E-state index in [1.807, 2.05) is 0 Å². The number of nitrogens with zero attached hydrogens (tertiary/aromatic N) is 2. The van der Waals surface area contributed by atoms with Crippen LogP contribution in [0.3, 0.4) is 0 Å². The molecule has 0 radical (unpaired) electrons. The molecule has 132 valence electrons. The Kier molecular flexibility index (Phi) is 10.1. The average molecular weight is 450 g/mol. The lowest BCUT2D eigenvalue weighted by Gasteiger charge is -2.17. The second-order valence-corrected chi connectivity index (χ2v) is 6.89. The van der Waals surface area contributed by atoms with Crippen molar-refractivity contribution in [3.05, 3.63) is 22.4 Å². The van der Waals surface area contributed by atoms with Crippen LogP contribution in [-0.2, 0) is 0 Å². The zero-order valence-electron chi connectivity index (χ0n) is 14.5. The molecule has 0 bridgehead atoms. The van der Waals surface area contributed by atoms with Gasteiger partial charge in [0.15, 0.2) is 5.96 Å². The zero-order valence-corrected chi connectivity index (χ0v) is 17.7. The second-order valence-electron chi connectivity index (χ2n) is 6.11. The molecule has 0 aromatic carbocycles. The fourth-order valence-electron chi connectivity index (χ4n) is 2.84.